The van der Waals surface area contributed by atoms with Crippen molar-refractivity contribution >= 4 is 29.4 Å². The molecule has 10 nitrogen and oxygen atoms in total. The van der Waals surface area contributed by atoms with E-state index in [9.17, 15) is 29.1 Å². The maximum absolute atomic E-state index is 13.8. The number of carboxylic acids is 1. The number of phenolic OH excluding ortho intramolecular Hbond substituents is 1. The Labute approximate surface area is 237 Å². The van der Waals surface area contributed by atoms with E-state index in [-0.39, 0.29) is 60.0 Å². The Morgan fingerprint density at radius 2 is 1.68 bits per heavy atom. The largest absolute Gasteiger partial charge is 0.502 e. The van der Waals surface area contributed by atoms with Gasteiger partial charge in [-0.25, -0.2) is 0 Å². The van der Waals surface area contributed by atoms with Gasteiger partial charge in [0.25, 0.3) is 0 Å². The summed E-state index contributed by atoms with van der Waals surface area (Å²) in [7, 11) is 2.80. The number of fused-ring (bicyclic) bond motifs is 3. The zero-order valence-corrected chi connectivity index (χ0v) is 23.3. The fourth-order valence-corrected chi connectivity index (χ4v) is 6.85. The summed E-state index contributed by atoms with van der Waals surface area (Å²) in [5, 5.41) is 19.4. The molecule has 1 heterocycles. The van der Waals surface area contributed by atoms with Gasteiger partial charge in [-0.05, 0) is 62.3 Å². The Balaban J connectivity index is 1.54. The van der Waals surface area contributed by atoms with Crippen LogP contribution in [0.1, 0.15) is 56.9 Å². The first kappa shape index (κ1) is 28.3. The first-order valence-electron chi connectivity index (χ1n) is 13.8. The van der Waals surface area contributed by atoms with Crippen LogP contribution in [0.15, 0.2) is 46.6 Å². The second-order valence-electron chi connectivity index (χ2n) is 11.0. The molecule has 0 unspecified atom stereocenters. The van der Waals surface area contributed by atoms with Crippen LogP contribution in [0.2, 0.25) is 0 Å². The number of unbranched alkanes of at least 4 members (excludes halogenated alkanes) is 2. The molecule has 3 aliphatic carbocycles. The van der Waals surface area contributed by atoms with Crippen molar-refractivity contribution in [2.75, 3.05) is 20.8 Å². The second kappa shape index (κ2) is 11.0. The highest BCUT2D eigenvalue weighted by Crippen LogP contribution is 2.56. The average Bonchev–Trinajstić information content (AvgIpc) is 3.19. The molecule has 1 aromatic rings. The normalized spacial score (nSPS) is 25.4. The van der Waals surface area contributed by atoms with Gasteiger partial charge in [0.1, 0.15) is 0 Å². The van der Waals surface area contributed by atoms with E-state index < -0.39 is 29.6 Å². The SMILES string of the molecule is COc1cc([C@H]2C3=CC[C@@H]4C(=O)N(CCCCCC(=O)O)C(=O)[C@@H]4[C@@H]3CC3=C2C(=O)C=C(C)C3=O)cc(OC)c1O. The molecule has 0 aromatic heterocycles. The third kappa shape index (κ3) is 4.75. The Bertz CT molecular complexity index is 1420. The summed E-state index contributed by atoms with van der Waals surface area (Å²) >= 11 is 0. The van der Waals surface area contributed by atoms with Gasteiger partial charge in [0, 0.05) is 35.6 Å². The summed E-state index contributed by atoms with van der Waals surface area (Å²) in [6.45, 7) is 1.81. The Morgan fingerprint density at radius 1 is 1.00 bits per heavy atom. The van der Waals surface area contributed by atoms with Gasteiger partial charge in [-0.1, -0.05) is 18.1 Å². The van der Waals surface area contributed by atoms with Crippen molar-refractivity contribution in [2.45, 2.75) is 51.4 Å². The van der Waals surface area contributed by atoms with Crippen molar-refractivity contribution in [1.82, 2.24) is 4.90 Å². The quantitative estimate of drug-likeness (QED) is 0.199. The fraction of sp³-hybridized carbons (Fsp3) is 0.452. The van der Waals surface area contributed by atoms with Crippen molar-refractivity contribution in [3.63, 3.8) is 0 Å². The maximum Gasteiger partial charge on any atom is 0.303 e. The molecule has 10 heteroatoms. The second-order valence-corrected chi connectivity index (χ2v) is 11.0. The zero-order chi connectivity index (χ0) is 29.6. The van der Waals surface area contributed by atoms with E-state index in [4.69, 9.17) is 14.6 Å². The lowest BCUT2D eigenvalue weighted by Crippen LogP contribution is -2.39. The highest BCUT2D eigenvalue weighted by atomic mass is 16.5. The van der Waals surface area contributed by atoms with Gasteiger partial charge < -0.3 is 19.7 Å². The van der Waals surface area contributed by atoms with Crippen molar-refractivity contribution in [3.05, 3.63) is 52.1 Å². The third-order valence-corrected chi connectivity index (χ3v) is 8.76. The lowest BCUT2D eigenvalue weighted by atomic mass is 9.59. The summed E-state index contributed by atoms with van der Waals surface area (Å²) in [4.78, 5) is 66.1. The molecule has 216 valence electrons. The molecule has 1 aromatic carbocycles. The molecule has 2 amide bonds. The number of carbonyl (C=O) groups is 5. The molecule has 1 saturated heterocycles. The van der Waals surface area contributed by atoms with Crippen LogP contribution >= 0.6 is 0 Å². The number of Topliss-reactive ketones (excluding diaryl/α,β-unsaturated/α-hetero) is 1. The number of phenols is 1. The number of methoxy groups -OCH3 is 2. The molecular formula is C31H33NO9. The van der Waals surface area contributed by atoms with Crippen LogP contribution in [-0.2, 0) is 24.0 Å². The number of aromatic hydroxyl groups is 1. The summed E-state index contributed by atoms with van der Waals surface area (Å²) in [5.41, 5.74) is 2.37. The van der Waals surface area contributed by atoms with Crippen molar-refractivity contribution < 1.29 is 43.7 Å². The number of ketones is 2. The Kier molecular flexibility index (Phi) is 7.59. The van der Waals surface area contributed by atoms with E-state index in [0.717, 1.165) is 5.57 Å². The van der Waals surface area contributed by atoms with Crippen LogP contribution in [-0.4, -0.2) is 65.2 Å². The number of ether oxygens (including phenoxy) is 2. The average molecular weight is 564 g/mol. The molecule has 2 N–H and O–H groups in total. The van der Waals surface area contributed by atoms with Gasteiger partial charge >= 0.3 is 5.97 Å². The van der Waals surface area contributed by atoms with Gasteiger partial charge in [-0.3, -0.25) is 28.9 Å². The lowest BCUT2D eigenvalue weighted by molar-refractivity contribution is -0.141. The zero-order valence-electron chi connectivity index (χ0n) is 23.3. The highest BCUT2D eigenvalue weighted by Gasteiger charge is 2.56. The number of imide groups is 1. The van der Waals surface area contributed by atoms with Gasteiger partial charge in [-0.2, -0.15) is 0 Å². The van der Waals surface area contributed by atoms with Crippen LogP contribution in [0.3, 0.4) is 0 Å². The standard InChI is InChI=1S/C31H33NO9/c1-15-11-21(33)27-20(28(15)36)14-19-17(25(27)16-12-22(40-2)29(37)23(13-16)41-3)8-9-18-26(19)31(39)32(30(18)38)10-6-4-5-7-24(34)35/h8,11-13,18-19,25-26,37H,4-7,9-10,14H2,1-3H3,(H,34,35)/t18-,19+,25-,26-/m0/s1. The summed E-state index contributed by atoms with van der Waals surface area (Å²) in [6, 6.07) is 3.22. The lowest BCUT2D eigenvalue weighted by Gasteiger charge is -2.42. The van der Waals surface area contributed by atoms with Crippen molar-refractivity contribution in [2.24, 2.45) is 17.8 Å². The van der Waals surface area contributed by atoms with Crippen LogP contribution in [0.5, 0.6) is 17.2 Å². The number of rotatable bonds is 9. The molecule has 5 rings (SSSR count). The van der Waals surface area contributed by atoms with Gasteiger partial charge in [-0.15, -0.1) is 0 Å². The first-order chi connectivity index (χ1) is 19.6. The molecular weight excluding hydrogens is 530 g/mol. The molecule has 1 fully saturated rings. The third-order valence-electron chi connectivity index (χ3n) is 8.76. The van der Waals surface area contributed by atoms with E-state index in [2.05, 4.69) is 0 Å². The molecule has 41 heavy (non-hydrogen) atoms. The minimum atomic E-state index is -0.881. The number of hydrogen-bond donors (Lipinski definition) is 2. The minimum absolute atomic E-state index is 0.0365. The number of carbonyl (C=O) groups excluding carboxylic acids is 4. The summed E-state index contributed by atoms with van der Waals surface area (Å²) in [5.74, 6) is -4.28. The maximum atomic E-state index is 13.8. The fourth-order valence-electron chi connectivity index (χ4n) is 6.85. The molecule has 0 bridgehead atoms. The number of aliphatic carboxylic acids is 1. The molecule has 4 aliphatic rings. The Hall–Kier alpha value is -4.21. The number of amides is 2. The topological polar surface area (TPSA) is 148 Å². The Morgan fingerprint density at radius 3 is 2.32 bits per heavy atom. The van der Waals surface area contributed by atoms with Crippen molar-refractivity contribution in [1.29, 1.82) is 0 Å². The van der Waals surface area contributed by atoms with Crippen LogP contribution in [0.4, 0.5) is 0 Å². The van der Waals surface area contributed by atoms with Crippen LogP contribution in [0, 0.1) is 17.8 Å². The first-order valence-corrected chi connectivity index (χ1v) is 13.8. The predicted octanol–water partition coefficient (Wildman–Crippen LogP) is 3.48. The smallest absolute Gasteiger partial charge is 0.303 e. The van der Waals surface area contributed by atoms with Gasteiger partial charge in [0.2, 0.25) is 17.6 Å². The number of likely N-dealkylation sites (tertiary alicyclic amines) is 1. The molecule has 4 atom stereocenters. The minimum Gasteiger partial charge on any atom is -0.502 e. The van der Waals surface area contributed by atoms with Crippen LogP contribution in [0.25, 0.3) is 0 Å². The molecule has 0 radical (unpaired) electrons. The monoisotopic (exact) mass is 563 g/mol. The summed E-state index contributed by atoms with van der Waals surface area (Å²) in [6.07, 6.45) is 5.35. The molecule has 0 saturated carbocycles. The number of benzene rings is 1. The van der Waals surface area contributed by atoms with Gasteiger partial charge in [0.05, 0.1) is 26.1 Å². The van der Waals surface area contributed by atoms with E-state index in [1.165, 1.54) is 25.2 Å². The van der Waals surface area contributed by atoms with Crippen LogP contribution < -0.4 is 9.47 Å². The van der Waals surface area contributed by atoms with Crippen molar-refractivity contribution in [3.8, 4) is 17.2 Å². The summed E-state index contributed by atoms with van der Waals surface area (Å²) < 4.78 is 10.7. The molecule has 0 spiro atoms. The number of nitrogens with zero attached hydrogens (tertiary/aromatic N) is 1. The highest BCUT2D eigenvalue weighted by molar-refractivity contribution is 6.23. The number of hydrogen-bond acceptors (Lipinski definition) is 8. The predicted molar refractivity (Wildman–Crippen MR) is 145 cm³/mol. The van der Waals surface area contributed by atoms with Gasteiger partial charge in [0.15, 0.2) is 23.1 Å². The van der Waals surface area contributed by atoms with E-state index in [0.29, 0.717) is 48.0 Å². The van der Waals surface area contributed by atoms with E-state index in [1.807, 2.05) is 6.08 Å². The number of allylic oxidation sites excluding steroid dienone is 6. The molecule has 1 aliphatic heterocycles. The number of carboxylic acid groups (broad SMARTS) is 1. The van der Waals surface area contributed by atoms with E-state index >= 15 is 0 Å². The van der Waals surface area contributed by atoms with E-state index in [1.54, 1.807) is 19.1 Å².